The fourth-order valence-corrected chi connectivity index (χ4v) is 15.0. The first kappa shape index (κ1) is 68.2. The number of ether oxygens (including phenoxy) is 2. The average Bonchev–Trinajstić information content (AvgIpc) is 3.71. The van der Waals surface area contributed by atoms with E-state index in [2.05, 4.69) is 34.6 Å². The number of carbonyl (C=O) groups excluding carboxylic acids is 4. The zero-order valence-corrected chi connectivity index (χ0v) is 56.3. The summed E-state index contributed by atoms with van der Waals surface area (Å²) in [5.41, 5.74) is 1.87. The largest absolute Gasteiger partial charge is 1.00 e. The van der Waals surface area contributed by atoms with Crippen LogP contribution in [0.15, 0.2) is 78.9 Å². The topological polar surface area (TPSA) is 179 Å². The maximum atomic E-state index is 12.8. The molecule has 0 heterocycles. The van der Waals surface area contributed by atoms with Crippen LogP contribution in [0.5, 0.6) is 11.5 Å². The predicted octanol–water partition coefficient (Wildman–Crippen LogP) is -1.43. The molecule has 0 unspecified atom stereocenters. The van der Waals surface area contributed by atoms with Crippen molar-refractivity contribution in [3.05, 3.63) is 133 Å². The molecular formula is C61H68Cl2Na4O10. The number of allylic oxidation sites excluding steroid dienone is 1. The van der Waals surface area contributed by atoms with Crippen LogP contribution in [-0.4, -0.2) is 23.9 Å². The van der Waals surface area contributed by atoms with Crippen molar-refractivity contribution in [1.82, 2.24) is 0 Å². The molecule has 4 aliphatic rings. The van der Waals surface area contributed by atoms with E-state index in [0.717, 1.165) is 54.8 Å². The minimum Gasteiger partial charge on any atom is -0.545 e. The molecule has 390 valence electrons. The molecule has 4 saturated carbocycles. The van der Waals surface area contributed by atoms with E-state index in [9.17, 15) is 39.6 Å². The van der Waals surface area contributed by atoms with Gasteiger partial charge in [0, 0.05) is 11.1 Å². The minimum absolute atomic E-state index is 0. The Morgan fingerprint density at radius 2 is 1.14 bits per heavy atom. The minimum atomic E-state index is -1.58. The number of carboxylic acids is 4. The molecule has 16 heteroatoms. The normalized spacial score (nSPS) is 24.4. The van der Waals surface area contributed by atoms with Gasteiger partial charge in [-0.2, -0.15) is 0 Å². The summed E-state index contributed by atoms with van der Waals surface area (Å²) in [7, 11) is 0. The summed E-state index contributed by atoms with van der Waals surface area (Å²) in [5, 5.41) is 48.5. The first-order chi connectivity index (χ1) is 34.8. The standard InChI is InChI=1S/C61H72Cl2O10.4Na/c1-35(2)10-6-11-36(3)49-20-21-50-46-19-18-44-28-37(22-24-60(44,4)51(46)23-25-61(49,50)5)12-9-17-45(42-29-47(58(68)69)54(52(62)31-42)72-33-38-13-7-15-40(26-38)56(64)65)43-30-48(59(70)71)55(53(63)32-43)73-34-39-14-8-16-41(27-39)57(66)67;;;;/h7-8,13-17,26-27,29-32,35-37,44,46,49-51H,6,9-12,18-25,28,33-34H2,1-5H3,(H,64,65)(H,66,67)(H,68,69)(H,70,71);;;;/q;4*+1/p-4/t36-,37+,44+,46+,49-,50+,51+,60+,61-;;;;/m1..../s1. The van der Waals surface area contributed by atoms with Crippen LogP contribution in [0, 0.1) is 58.2 Å². The first-order valence-electron chi connectivity index (χ1n) is 26.4. The van der Waals surface area contributed by atoms with Crippen LogP contribution in [0.2, 0.25) is 10.0 Å². The summed E-state index contributed by atoms with van der Waals surface area (Å²) in [6, 6.07) is 17.5. The fourth-order valence-electron chi connectivity index (χ4n) is 14.5. The number of hydrogen-bond donors (Lipinski definition) is 0. The molecule has 77 heavy (non-hydrogen) atoms. The Morgan fingerprint density at radius 3 is 1.65 bits per heavy atom. The maximum absolute atomic E-state index is 12.8. The van der Waals surface area contributed by atoms with Gasteiger partial charge in [-0.05, 0) is 204 Å². The molecule has 0 N–H and O–H groups in total. The van der Waals surface area contributed by atoms with Crippen LogP contribution < -0.4 is 148 Å². The number of rotatable bonds is 20. The summed E-state index contributed by atoms with van der Waals surface area (Å²) >= 11 is 13.7. The Labute approximate surface area is 554 Å². The first-order valence-corrected chi connectivity index (χ1v) is 27.2. The van der Waals surface area contributed by atoms with Crippen LogP contribution in [0.3, 0.4) is 0 Å². The van der Waals surface area contributed by atoms with E-state index >= 15 is 0 Å². The number of fused-ring (bicyclic) bond motifs is 5. The van der Waals surface area contributed by atoms with E-state index in [1.54, 1.807) is 12.1 Å². The molecule has 4 fully saturated rings. The Morgan fingerprint density at radius 1 is 0.623 bits per heavy atom. The third-order valence-electron chi connectivity index (χ3n) is 18.1. The number of halogens is 2. The van der Waals surface area contributed by atoms with E-state index in [1.165, 1.54) is 125 Å². The van der Waals surface area contributed by atoms with Crippen molar-refractivity contribution in [3.8, 4) is 11.5 Å². The van der Waals surface area contributed by atoms with Crippen LogP contribution in [0.1, 0.15) is 188 Å². The van der Waals surface area contributed by atoms with E-state index in [4.69, 9.17) is 32.7 Å². The summed E-state index contributed by atoms with van der Waals surface area (Å²) in [4.78, 5) is 48.7. The molecule has 0 amide bonds. The molecule has 4 aromatic carbocycles. The van der Waals surface area contributed by atoms with Crippen LogP contribution in [0.4, 0.5) is 0 Å². The number of carbonyl (C=O) groups is 4. The summed E-state index contributed by atoms with van der Waals surface area (Å²) < 4.78 is 11.8. The van der Waals surface area contributed by atoms with Gasteiger partial charge in [-0.15, -0.1) is 0 Å². The monoisotopic (exact) mass is 1120 g/mol. The smallest absolute Gasteiger partial charge is 0.545 e. The van der Waals surface area contributed by atoms with E-state index in [0.29, 0.717) is 56.9 Å². The van der Waals surface area contributed by atoms with E-state index in [-0.39, 0.29) is 175 Å². The third kappa shape index (κ3) is 15.7. The second kappa shape index (κ2) is 29.8. The Balaban J connectivity index is 0.00000320. The Hall–Kier alpha value is -1.32. The van der Waals surface area contributed by atoms with Gasteiger partial charge in [0.15, 0.2) is 0 Å². The summed E-state index contributed by atoms with van der Waals surface area (Å²) in [5.74, 6) is -0.417. The Bertz CT molecular complexity index is 2640. The molecule has 4 aromatic rings. The quantitative estimate of drug-likeness (QED) is 0.0955. The second-order valence-corrected chi connectivity index (χ2v) is 23.6. The average molecular weight is 1120 g/mol. The Kier molecular flexibility index (Phi) is 26.4. The molecule has 0 aliphatic heterocycles. The summed E-state index contributed by atoms with van der Waals surface area (Å²) in [6.45, 7) is 12.1. The molecule has 9 atom stereocenters. The molecule has 4 aliphatic carbocycles. The van der Waals surface area contributed by atoms with Crippen molar-refractivity contribution in [2.24, 2.45) is 58.2 Å². The predicted molar refractivity (Wildman–Crippen MR) is 275 cm³/mol. The van der Waals surface area contributed by atoms with Crippen molar-refractivity contribution >= 4 is 52.7 Å². The van der Waals surface area contributed by atoms with E-state index < -0.39 is 23.9 Å². The fraction of sp³-hybridized carbons (Fsp3) is 0.508. The van der Waals surface area contributed by atoms with Gasteiger partial charge in [0.25, 0.3) is 0 Å². The van der Waals surface area contributed by atoms with Gasteiger partial charge in [-0.3, -0.25) is 0 Å². The number of aromatic carboxylic acids is 4. The van der Waals surface area contributed by atoms with Crippen molar-refractivity contribution < 1.29 is 167 Å². The molecule has 0 spiro atoms. The van der Waals surface area contributed by atoms with Crippen molar-refractivity contribution in [3.63, 3.8) is 0 Å². The summed E-state index contributed by atoms with van der Waals surface area (Å²) in [6.07, 6.45) is 18.9. The van der Waals surface area contributed by atoms with Gasteiger partial charge in [-0.1, -0.05) is 120 Å². The molecule has 0 bridgehead atoms. The van der Waals surface area contributed by atoms with Gasteiger partial charge in [0.2, 0.25) is 0 Å². The molecule has 0 aromatic heterocycles. The second-order valence-electron chi connectivity index (χ2n) is 22.8. The van der Waals surface area contributed by atoms with Crippen molar-refractivity contribution in [2.45, 2.75) is 138 Å². The van der Waals surface area contributed by atoms with Crippen LogP contribution >= 0.6 is 23.2 Å². The van der Waals surface area contributed by atoms with Gasteiger partial charge in [0.1, 0.15) is 24.7 Å². The van der Waals surface area contributed by atoms with Gasteiger partial charge < -0.3 is 49.1 Å². The molecule has 0 radical (unpaired) electrons. The SMILES string of the molecule is CC(C)CCC[C@@H](C)[C@H]1CC[C@H]2[C@@H]3CC[C@H]4C[C@@H](CCC=C(c5cc(Cl)c(OCc6cccc(C(=O)[O-])c6)c(C(=O)[O-])c5)c5cc(Cl)c(OCc6cccc(C(=O)[O-])c6)c(C(=O)[O-])c5)CC[C@]4(C)[C@H]3CC[C@]12C.[Na+].[Na+].[Na+].[Na+]. The molecule has 10 nitrogen and oxygen atoms in total. The molecular weight excluding hydrogens is 1060 g/mol. The molecule has 0 saturated heterocycles. The van der Waals surface area contributed by atoms with Gasteiger partial charge >= 0.3 is 118 Å². The van der Waals surface area contributed by atoms with Crippen LogP contribution in [-0.2, 0) is 13.2 Å². The molecule has 8 rings (SSSR count). The van der Waals surface area contributed by atoms with Crippen molar-refractivity contribution in [2.75, 3.05) is 0 Å². The van der Waals surface area contributed by atoms with Gasteiger partial charge in [-0.25, -0.2) is 0 Å². The number of hydrogen-bond acceptors (Lipinski definition) is 10. The van der Waals surface area contributed by atoms with E-state index in [1.807, 2.05) is 6.08 Å². The third-order valence-corrected chi connectivity index (χ3v) is 18.7. The zero-order valence-electron chi connectivity index (χ0n) is 46.8. The van der Waals surface area contributed by atoms with Gasteiger partial charge in [0.05, 0.1) is 33.9 Å². The maximum Gasteiger partial charge on any atom is 1.00 e. The van der Waals surface area contributed by atoms with Crippen LogP contribution in [0.25, 0.3) is 5.57 Å². The number of benzene rings is 4. The zero-order chi connectivity index (χ0) is 52.4. The van der Waals surface area contributed by atoms with Crippen molar-refractivity contribution in [1.29, 1.82) is 0 Å². The number of carboxylic acid groups (broad SMARTS) is 4.